The highest BCUT2D eigenvalue weighted by Gasteiger charge is 2.29. The Bertz CT molecular complexity index is 1120. The Labute approximate surface area is 181 Å². The van der Waals surface area contributed by atoms with Crippen LogP contribution in [0.15, 0.2) is 35.7 Å². The lowest BCUT2D eigenvalue weighted by Gasteiger charge is -2.38. The maximum atomic E-state index is 14.0. The Hall–Kier alpha value is -2.43. The number of hydrogen-bond donors (Lipinski definition) is 0. The van der Waals surface area contributed by atoms with Gasteiger partial charge in [-0.2, -0.15) is 0 Å². The number of thiazole rings is 1. The SMILES string of the molecule is CCC(c1nnnn1Cc1cccs1)N1CCN(c2nc3cccc(F)c3s2)CC1. The summed E-state index contributed by atoms with van der Waals surface area (Å²) in [6.07, 6.45) is 0.942. The number of fused-ring (bicyclic) bond motifs is 1. The summed E-state index contributed by atoms with van der Waals surface area (Å²) in [6.45, 7) is 6.37. The summed E-state index contributed by atoms with van der Waals surface area (Å²) in [6, 6.07) is 9.41. The van der Waals surface area contributed by atoms with Crippen molar-refractivity contribution in [2.24, 2.45) is 0 Å². The Morgan fingerprint density at radius 1 is 1.13 bits per heavy atom. The van der Waals surface area contributed by atoms with Gasteiger partial charge in [-0.15, -0.1) is 16.4 Å². The molecule has 30 heavy (non-hydrogen) atoms. The predicted molar refractivity (Wildman–Crippen MR) is 118 cm³/mol. The molecule has 0 aliphatic carbocycles. The van der Waals surface area contributed by atoms with Crippen LogP contribution in [-0.4, -0.2) is 56.3 Å². The van der Waals surface area contributed by atoms with E-state index in [1.54, 1.807) is 17.4 Å². The van der Waals surface area contributed by atoms with E-state index in [0.29, 0.717) is 11.2 Å². The Kier molecular flexibility index (Phi) is 5.45. The number of nitrogens with zero attached hydrogens (tertiary/aromatic N) is 7. The summed E-state index contributed by atoms with van der Waals surface area (Å²) in [7, 11) is 0. The van der Waals surface area contributed by atoms with Crippen molar-refractivity contribution in [3.8, 4) is 0 Å². The Morgan fingerprint density at radius 2 is 2.00 bits per heavy atom. The highest BCUT2D eigenvalue weighted by atomic mass is 32.1. The van der Waals surface area contributed by atoms with E-state index in [2.05, 4.69) is 54.7 Å². The van der Waals surface area contributed by atoms with Gasteiger partial charge in [-0.1, -0.05) is 30.4 Å². The fraction of sp³-hybridized carbons (Fsp3) is 0.400. The van der Waals surface area contributed by atoms with E-state index in [9.17, 15) is 4.39 Å². The van der Waals surface area contributed by atoms with E-state index in [-0.39, 0.29) is 11.9 Å². The minimum absolute atomic E-state index is 0.176. The molecular weight excluding hydrogens is 421 g/mol. The molecule has 5 rings (SSSR count). The molecule has 1 fully saturated rings. The molecule has 3 aromatic heterocycles. The van der Waals surface area contributed by atoms with Crippen LogP contribution in [-0.2, 0) is 6.54 Å². The fourth-order valence-corrected chi connectivity index (χ4v) is 5.69. The molecule has 1 aliphatic rings. The summed E-state index contributed by atoms with van der Waals surface area (Å²) in [4.78, 5) is 10.6. The van der Waals surface area contributed by atoms with Gasteiger partial charge in [0, 0.05) is 31.1 Å². The highest BCUT2D eigenvalue weighted by molar-refractivity contribution is 7.22. The van der Waals surface area contributed by atoms with Crippen molar-refractivity contribution in [1.29, 1.82) is 0 Å². The van der Waals surface area contributed by atoms with E-state index in [4.69, 9.17) is 0 Å². The van der Waals surface area contributed by atoms with Crippen molar-refractivity contribution in [3.63, 3.8) is 0 Å². The Morgan fingerprint density at radius 3 is 2.73 bits per heavy atom. The molecule has 0 saturated carbocycles. The highest BCUT2D eigenvalue weighted by Crippen LogP contribution is 2.32. The van der Waals surface area contributed by atoms with Crippen LogP contribution in [0.2, 0.25) is 0 Å². The summed E-state index contributed by atoms with van der Waals surface area (Å²) >= 11 is 3.15. The standard InChI is InChI=1S/C20H22FN7S2/c1-2-17(19-23-24-25-28(19)13-14-5-4-12-29-14)26-8-10-27(11-9-26)20-22-16-7-3-6-15(21)18(16)30-20/h3-7,12,17H,2,8-11,13H2,1H3. The second-order valence-corrected chi connectivity index (χ2v) is 9.32. The van der Waals surface area contributed by atoms with Crippen LogP contribution in [0.25, 0.3) is 10.2 Å². The van der Waals surface area contributed by atoms with Crippen LogP contribution in [0.1, 0.15) is 30.1 Å². The molecule has 1 saturated heterocycles. The molecule has 4 aromatic rings. The largest absolute Gasteiger partial charge is 0.345 e. The molecule has 1 atom stereocenters. The smallest absolute Gasteiger partial charge is 0.186 e. The summed E-state index contributed by atoms with van der Waals surface area (Å²) in [5, 5.41) is 15.5. The van der Waals surface area contributed by atoms with Crippen molar-refractivity contribution >= 4 is 38.0 Å². The van der Waals surface area contributed by atoms with E-state index >= 15 is 0 Å². The third-order valence-corrected chi connectivity index (χ3v) is 7.51. The quantitative estimate of drug-likeness (QED) is 0.452. The van der Waals surface area contributed by atoms with E-state index in [0.717, 1.165) is 49.1 Å². The van der Waals surface area contributed by atoms with E-state index in [1.807, 2.05) is 10.7 Å². The van der Waals surface area contributed by atoms with Gasteiger partial charge in [-0.05, 0) is 40.4 Å². The number of piperazine rings is 1. The molecule has 1 aromatic carbocycles. The van der Waals surface area contributed by atoms with E-state index < -0.39 is 0 Å². The van der Waals surface area contributed by atoms with Crippen LogP contribution in [0.3, 0.4) is 0 Å². The van der Waals surface area contributed by atoms with E-state index in [1.165, 1.54) is 22.3 Å². The first-order valence-electron chi connectivity index (χ1n) is 10.1. The molecule has 0 radical (unpaired) electrons. The number of rotatable bonds is 6. The van der Waals surface area contributed by atoms with Crippen LogP contribution >= 0.6 is 22.7 Å². The molecule has 1 aliphatic heterocycles. The van der Waals surface area contributed by atoms with Gasteiger partial charge in [0.25, 0.3) is 0 Å². The number of thiophene rings is 1. The molecular formula is C20H22FN7S2. The molecule has 156 valence electrons. The minimum atomic E-state index is -0.196. The normalized spacial score (nSPS) is 16.4. The van der Waals surface area contributed by atoms with Crippen LogP contribution in [0.4, 0.5) is 9.52 Å². The van der Waals surface area contributed by atoms with Crippen LogP contribution in [0, 0.1) is 5.82 Å². The number of halogens is 1. The topological polar surface area (TPSA) is 63.0 Å². The number of tetrazole rings is 1. The summed E-state index contributed by atoms with van der Waals surface area (Å²) in [5.41, 5.74) is 0.733. The molecule has 1 unspecified atom stereocenters. The molecule has 10 heteroatoms. The van der Waals surface area contributed by atoms with Gasteiger partial charge in [-0.3, -0.25) is 4.90 Å². The maximum absolute atomic E-state index is 14.0. The van der Waals surface area contributed by atoms with Crippen molar-refractivity contribution in [3.05, 3.63) is 52.2 Å². The molecule has 0 N–H and O–H groups in total. The van der Waals surface area contributed by atoms with Crippen LogP contribution < -0.4 is 4.90 Å². The van der Waals surface area contributed by atoms with Crippen molar-refractivity contribution in [2.75, 3.05) is 31.1 Å². The van der Waals surface area contributed by atoms with Crippen molar-refractivity contribution in [2.45, 2.75) is 25.9 Å². The van der Waals surface area contributed by atoms with Gasteiger partial charge in [0.2, 0.25) is 0 Å². The first-order chi connectivity index (χ1) is 14.7. The average molecular weight is 444 g/mol. The predicted octanol–water partition coefficient (Wildman–Crippen LogP) is 3.81. The maximum Gasteiger partial charge on any atom is 0.186 e. The third-order valence-electron chi connectivity index (χ3n) is 5.51. The first-order valence-corrected chi connectivity index (χ1v) is 11.7. The zero-order valence-electron chi connectivity index (χ0n) is 16.6. The second-order valence-electron chi connectivity index (χ2n) is 7.31. The van der Waals surface area contributed by atoms with Crippen molar-refractivity contribution < 1.29 is 4.39 Å². The van der Waals surface area contributed by atoms with Gasteiger partial charge in [0.1, 0.15) is 5.82 Å². The Balaban J connectivity index is 1.29. The van der Waals surface area contributed by atoms with Crippen molar-refractivity contribution in [1.82, 2.24) is 30.1 Å². The average Bonchev–Trinajstić information content (AvgIpc) is 3.52. The van der Waals surface area contributed by atoms with Gasteiger partial charge in [0.15, 0.2) is 11.0 Å². The number of aromatic nitrogens is 5. The number of benzene rings is 1. The monoisotopic (exact) mass is 443 g/mol. The lowest BCUT2D eigenvalue weighted by molar-refractivity contribution is 0.169. The van der Waals surface area contributed by atoms with Gasteiger partial charge in [-0.25, -0.2) is 14.1 Å². The zero-order valence-corrected chi connectivity index (χ0v) is 18.2. The molecule has 4 heterocycles. The van der Waals surface area contributed by atoms with Gasteiger partial charge >= 0.3 is 0 Å². The molecule has 0 bridgehead atoms. The first kappa shape index (κ1) is 19.5. The van der Waals surface area contributed by atoms with Gasteiger partial charge in [0.05, 0.1) is 22.8 Å². The number of anilines is 1. The van der Waals surface area contributed by atoms with Crippen LogP contribution in [0.5, 0.6) is 0 Å². The summed E-state index contributed by atoms with van der Waals surface area (Å²) < 4.78 is 16.6. The lowest BCUT2D eigenvalue weighted by atomic mass is 10.1. The summed E-state index contributed by atoms with van der Waals surface area (Å²) in [5.74, 6) is 0.722. The molecule has 0 spiro atoms. The lowest BCUT2D eigenvalue weighted by Crippen LogP contribution is -2.48. The van der Waals surface area contributed by atoms with Gasteiger partial charge < -0.3 is 4.90 Å². The fourth-order valence-electron chi connectivity index (χ4n) is 3.98. The molecule has 7 nitrogen and oxygen atoms in total. The third kappa shape index (κ3) is 3.70. The second kappa shape index (κ2) is 8.37. The number of hydrogen-bond acceptors (Lipinski definition) is 8. The zero-order chi connectivity index (χ0) is 20.5. The molecule has 0 amide bonds. The minimum Gasteiger partial charge on any atom is -0.345 e.